The maximum absolute atomic E-state index is 8.56. The molecule has 4 nitrogen and oxygen atoms in total. The van der Waals surface area contributed by atoms with Crippen LogP contribution in [0.2, 0.25) is 0 Å². The summed E-state index contributed by atoms with van der Waals surface area (Å²) in [4.78, 5) is 8.56. The zero-order valence-electron chi connectivity index (χ0n) is 9.37. The largest absolute Gasteiger partial charge is 0.503 e. The average Bonchev–Trinajstić information content (AvgIpc) is 2.14. The van der Waals surface area contributed by atoms with Crippen molar-refractivity contribution in [3.05, 3.63) is 0 Å². The van der Waals surface area contributed by atoms with E-state index in [9.17, 15) is 0 Å². The van der Waals surface area contributed by atoms with Crippen LogP contribution in [0.15, 0.2) is 0 Å². The molecule has 0 radical (unpaired) electrons. The third-order valence-corrected chi connectivity index (χ3v) is 0.854. The molecule has 0 atom stereocenters. The Morgan fingerprint density at radius 3 is 1.90 bits per heavy atom. The summed E-state index contributed by atoms with van der Waals surface area (Å²) in [5.41, 5.74) is 5.34. The van der Waals surface area contributed by atoms with Crippen LogP contribution in [0.25, 0.3) is 0 Å². The van der Waals surface area contributed by atoms with Crippen molar-refractivity contribution in [2.45, 2.75) is 31.6 Å². The van der Waals surface area contributed by atoms with Gasteiger partial charge in [0.1, 0.15) is 0 Å². The Bertz CT molecular complexity index is 201. The van der Waals surface area contributed by atoms with Crippen molar-refractivity contribution < 1.29 is 20.5 Å². The number of rotatable bonds is 0. The van der Waals surface area contributed by atoms with Crippen LogP contribution in [0.5, 0.6) is 0 Å². The smallest absolute Gasteiger partial charge is 0.450 e. The van der Waals surface area contributed by atoms with Crippen LogP contribution in [-0.2, 0) is 0 Å². The van der Waals surface area contributed by atoms with Crippen LogP contribution >= 0.6 is 0 Å². The maximum atomic E-state index is 8.56. The first kappa shape index (κ1) is 4.18. The first-order chi connectivity index (χ1) is 6.09. The van der Waals surface area contributed by atoms with E-state index in [0.29, 0.717) is 0 Å². The quantitative estimate of drug-likeness (QED) is 0.484. The van der Waals surface area contributed by atoms with Gasteiger partial charge in [0.05, 0.1) is 0 Å². The van der Waals surface area contributed by atoms with Crippen molar-refractivity contribution in [3.8, 4) is 0 Å². The average molecular weight is 151 g/mol. The minimum Gasteiger partial charge on any atom is -0.450 e. The zero-order valence-corrected chi connectivity index (χ0v) is 5.37. The van der Waals surface area contributed by atoms with Crippen LogP contribution < -0.4 is 5.73 Å². The van der Waals surface area contributed by atoms with E-state index in [0.717, 1.165) is 0 Å². The fourth-order valence-electron chi connectivity index (χ4n) is 0.528. The van der Waals surface area contributed by atoms with Crippen molar-refractivity contribution >= 4 is 6.16 Å². The molecule has 60 valence electrons. The van der Waals surface area contributed by atoms with Crippen LogP contribution in [-0.4, -0.2) is 22.4 Å². The second-order valence-electron chi connectivity index (χ2n) is 1.67. The van der Waals surface area contributed by atoms with Crippen molar-refractivity contribution in [2.24, 2.45) is 5.73 Å². The van der Waals surface area contributed by atoms with Gasteiger partial charge in [-0.25, -0.2) is 4.79 Å². The van der Waals surface area contributed by atoms with E-state index in [1.165, 1.54) is 0 Å². The van der Waals surface area contributed by atoms with Crippen LogP contribution in [0.3, 0.4) is 0 Å². The molecule has 0 unspecified atom stereocenters. The van der Waals surface area contributed by atoms with Gasteiger partial charge < -0.3 is 15.9 Å². The normalized spacial score (nSPS) is 33.7. The number of carbonyl (C=O) groups is 1. The number of hydrogen-bond acceptors (Lipinski definition) is 2. The molecule has 0 aromatic heterocycles. The van der Waals surface area contributed by atoms with Gasteiger partial charge in [-0.1, -0.05) is 12.8 Å². The molecule has 0 saturated heterocycles. The van der Waals surface area contributed by atoms with E-state index in [4.69, 9.17) is 26.2 Å². The van der Waals surface area contributed by atoms with E-state index in [1.807, 2.05) is 0 Å². The van der Waals surface area contributed by atoms with Gasteiger partial charge in [0.25, 0.3) is 0 Å². The van der Waals surface area contributed by atoms with Crippen molar-refractivity contribution in [1.29, 1.82) is 0 Å². The second-order valence-corrected chi connectivity index (χ2v) is 1.67. The molecule has 0 amide bonds. The van der Waals surface area contributed by atoms with Crippen LogP contribution in [0.4, 0.5) is 4.79 Å². The molecule has 1 saturated carbocycles. The highest BCUT2D eigenvalue weighted by atomic mass is 16.6. The molecule has 1 aliphatic carbocycles. The Morgan fingerprint density at radius 1 is 1.50 bits per heavy atom. The van der Waals surface area contributed by atoms with Crippen LogP contribution in [0, 0.1) is 0 Å². The van der Waals surface area contributed by atoms with Gasteiger partial charge in [0.15, 0.2) is 0 Å². The lowest BCUT2D eigenvalue weighted by molar-refractivity contribution is 0.137. The fraction of sp³-hybridized carbons (Fsp3) is 0.833. The first-order valence-electron chi connectivity index (χ1n) is 4.77. The summed E-state index contributed by atoms with van der Waals surface area (Å²) in [6.45, 7) is 0. The second kappa shape index (κ2) is 5.05. The zero-order chi connectivity index (χ0) is 11.6. The molecule has 0 heterocycles. The molecule has 0 aromatic rings. The SMILES string of the molecule is O=C(O)O.[2H]C1([2H])CCC([2H])([2H])C1N. The monoisotopic (exact) mass is 151 g/mol. The van der Waals surface area contributed by atoms with E-state index in [2.05, 4.69) is 0 Å². The summed E-state index contributed by atoms with van der Waals surface area (Å²) in [5, 5.41) is 13.9. The Balaban J connectivity index is 0.000000364. The number of nitrogens with two attached hydrogens (primary N) is 1. The summed E-state index contributed by atoms with van der Waals surface area (Å²) < 4.78 is 29.0. The van der Waals surface area contributed by atoms with Crippen molar-refractivity contribution in [3.63, 3.8) is 0 Å². The molecule has 10 heavy (non-hydrogen) atoms. The molecule has 1 rings (SSSR count). The van der Waals surface area contributed by atoms with Gasteiger partial charge in [0.2, 0.25) is 0 Å². The molecular weight excluding hydrogens is 134 g/mol. The summed E-state index contributed by atoms with van der Waals surface area (Å²) in [5.74, 6) is 0. The molecule has 1 aliphatic rings. The summed E-state index contributed by atoms with van der Waals surface area (Å²) >= 11 is 0. The molecule has 0 spiro atoms. The highest BCUT2D eigenvalue weighted by Crippen LogP contribution is 2.14. The molecule has 0 aliphatic heterocycles. The van der Waals surface area contributed by atoms with E-state index < -0.39 is 24.9 Å². The predicted octanol–water partition coefficient (Wildman–Crippen LogP) is 1.11. The van der Waals surface area contributed by atoms with Crippen molar-refractivity contribution in [2.75, 3.05) is 0 Å². The summed E-state index contributed by atoms with van der Waals surface area (Å²) in [6.07, 6.45) is -4.38. The standard InChI is InChI=1S/C5H11N.CH2O3/c6-5-3-1-2-4-5;2-1(3)4/h5H,1-4,6H2;(H2,2,3,4)/i3D2,4D2;. The van der Waals surface area contributed by atoms with Gasteiger partial charge in [-0.05, 0) is 12.7 Å². The highest BCUT2D eigenvalue weighted by Gasteiger charge is 2.07. The van der Waals surface area contributed by atoms with Gasteiger partial charge in [-0.3, -0.25) is 0 Å². The van der Waals surface area contributed by atoms with E-state index >= 15 is 0 Å². The van der Waals surface area contributed by atoms with E-state index in [-0.39, 0.29) is 12.8 Å². The molecule has 4 N–H and O–H groups in total. The number of hydrogen-bond donors (Lipinski definition) is 3. The van der Waals surface area contributed by atoms with E-state index in [1.54, 1.807) is 0 Å². The Kier molecular flexibility index (Phi) is 2.11. The Hall–Kier alpha value is -0.770. The molecule has 1 fully saturated rings. The van der Waals surface area contributed by atoms with Gasteiger partial charge in [0, 0.05) is 11.5 Å². The molecule has 0 bridgehead atoms. The third-order valence-electron chi connectivity index (χ3n) is 0.854. The number of carboxylic acid groups (broad SMARTS) is 2. The molecular formula is C6H13NO3. The van der Waals surface area contributed by atoms with Gasteiger partial charge in [-0.2, -0.15) is 0 Å². The van der Waals surface area contributed by atoms with Gasteiger partial charge in [-0.15, -0.1) is 0 Å². The Labute approximate surface area is 65.3 Å². The first-order valence-corrected chi connectivity index (χ1v) is 2.77. The highest BCUT2D eigenvalue weighted by molar-refractivity contribution is 5.53. The molecule has 0 aromatic carbocycles. The lowest BCUT2D eigenvalue weighted by Crippen LogP contribution is -2.13. The predicted molar refractivity (Wildman–Crippen MR) is 37.1 cm³/mol. The maximum Gasteiger partial charge on any atom is 0.503 e. The van der Waals surface area contributed by atoms with Crippen molar-refractivity contribution in [1.82, 2.24) is 0 Å². The third kappa shape index (κ3) is 7.23. The summed E-state index contributed by atoms with van der Waals surface area (Å²) in [7, 11) is 0. The minimum atomic E-state index is -1.83. The summed E-state index contributed by atoms with van der Waals surface area (Å²) in [6, 6.07) is -0.958. The lowest BCUT2D eigenvalue weighted by Gasteiger charge is -1.92. The Morgan fingerprint density at radius 2 is 1.80 bits per heavy atom. The van der Waals surface area contributed by atoms with Gasteiger partial charge >= 0.3 is 6.16 Å². The molecule has 4 heteroatoms. The topological polar surface area (TPSA) is 83.5 Å². The lowest BCUT2D eigenvalue weighted by atomic mass is 10.3. The minimum absolute atomic E-state index is 0.237. The van der Waals surface area contributed by atoms with Crippen LogP contribution in [0.1, 0.15) is 31.1 Å². The fourth-order valence-corrected chi connectivity index (χ4v) is 0.528.